The highest BCUT2D eigenvalue weighted by atomic mass is 127. The summed E-state index contributed by atoms with van der Waals surface area (Å²) >= 11 is 25.4. The molecule has 4 nitrogen and oxygen atoms in total. The molecule has 0 fully saturated rings. The van der Waals surface area contributed by atoms with Crippen molar-refractivity contribution in [2.24, 2.45) is 0 Å². The van der Waals surface area contributed by atoms with Gasteiger partial charge in [0.25, 0.3) is 5.91 Å². The van der Waals surface area contributed by atoms with Crippen LogP contribution in [0.3, 0.4) is 0 Å². The molecule has 3 N–H and O–H groups in total. The number of benzene rings is 2. The maximum absolute atomic E-state index is 12.4. The molecule has 1 atom stereocenters. The zero-order valence-electron chi connectivity index (χ0n) is 13.5. The third kappa shape index (κ3) is 6.42. The van der Waals surface area contributed by atoms with E-state index < -0.39 is 9.96 Å². The zero-order chi connectivity index (χ0) is 19.3. The first-order chi connectivity index (χ1) is 12.2. The highest BCUT2D eigenvalue weighted by Gasteiger charge is 2.34. The van der Waals surface area contributed by atoms with E-state index in [-0.39, 0.29) is 11.0 Å². The fraction of sp³-hybridized carbons (Fsp3) is 0.176. The fourth-order valence-electron chi connectivity index (χ4n) is 2.02. The Kier molecular flexibility index (Phi) is 7.78. The van der Waals surface area contributed by atoms with E-state index in [0.717, 1.165) is 14.8 Å². The largest absolute Gasteiger partial charge is 0.339 e. The third-order valence-electron chi connectivity index (χ3n) is 3.38. The van der Waals surface area contributed by atoms with Crippen molar-refractivity contribution in [3.05, 3.63) is 63.2 Å². The fourth-order valence-corrected chi connectivity index (χ4v) is 2.93. The van der Waals surface area contributed by atoms with Gasteiger partial charge in [-0.05, 0) is 77.6 Å². The summed E-state index contributed by atoms with van der Waals surface area (Å²) in [6.07, 6.45) is -1.02. The van der Waals surface area contributed by atoms with Crippen molar-refractivity contribution >= 4 is 86.3 Å². The molecule has 9 heteroatoms. The Morgan fingerprint density at radius 3 is 2.27 bits per heavy atom. The van der Waals surface area contributed by atoms with Gasteiger partial charge in [0.05, 0.1) is 0 Å². The van der Waals surface area contributed by atoms with E-state index in [0.29, 0.717) is 5.56 Å². The van der Waals surface area contributed by atoms with Crippen LogP contribution >= 0.6 is 69.6 Å². The minimum atomic E-state index is -1.81. The molecule has 0 aromatic heterocycles. The second-order valence-corrected chi connectivity index (χ2v) is 9.39. The predicted octanol–water partition coefficient (Wildman–Crippen LogP) is 5.01. The maximum atomic E-state index is 12.4. The van der Waals surface area contributed by atoms with Crippen molar-refractivity contribution in [2.45, 2.75) is 16.9 Å². The van der Waals surface area contributed by atoms with Crippen molar-refractivity contribution in [1.29, 1.82) is 0 Å². The van der Waals surface area contributed by atoms with E-state index in [1.165, 1.54) is 0 Å². The molecule has 1 amide bonds. The normalized spacial score (nSPS) is 12.2. The lowest BCUT2D eigenvalue weighted by atomic mass is 10.2. The number of hydrogen-bond acceptors (Lipinski definition) is 2. The molecule has 0 aliphatic carbocycles. The zero-order valence-corrected chi connectivity index (χ0v) is 18.8. The van der Waals surface area contributed by atoms with Crippen molar-refractivity contribution in [2.75, 3.05) is 5.32 Å². The number of anilines is 1. The Hall–Kier alpha value is -0.800. The molecule has 0 bridgehead atoms. The third-order valence-corrected chi connectivity index (χ3v) is 4.97. The molecule has 2 rings (SSSR count). The Balaban J connectivity index is 2.07. The van der Waals surface area contributed by atoms with Gasteiger partial charge in [0.2, 0.25) is 3.79 Å². The van der Waals surface area contributed by atoms with Crippen molar-refractivity contribution < 1.29 is 4.79 Å². The van der Waals surface area contributed by atoms with Crippen LogP contribution in [0.1, 0.15) is 15.9 Å². The second-order valence-electron chi connectivity index (χ2n) is 5.37. The molecular formula is C17H15Cl3IN3OS. The first kappa shape index (κ1) is 21.5. The summed E-state index contributed by atoms with van der Waals surface area (Å²) in [4.78, 5) is 12.4. The van der Waals surface area contributed by atoms with E-state index in [2.05, 4.69) is 38.5 Å². The maximum Gasteiger partial charge on any atom is 0.252 e. The standard InChI is InChI=1S/C17H15Cl3IN3OS/c1-10-4-2-3-5-13(10)22-16(26)24-15(17(18,19)20)23-14(25)11-6-8-12(21)9-7-11/h2-9,15H,1H3,(H,23,25)(H2,22,24,26)/t15-/m0/s1. The van der Waals surface area contributed by atoms with Gasteiger partial charge in [0.1, 0.15) is 6.17 Å². The molecular weight excluding hydrogens is 528 g/mol. The van der Waals surface area contributed by atoms with E-state index >= 15 is 0 Å². The SMILES string of the molecule is Cc1ccccc1NC(=S)N[C@H](NC(=O)c1ccc(I)cc1)C(Cl)(Cl)Cl. The Labute approximate surface area is 186 Å². The molecule has 0 aliphatic heterocycles. The van der Waals surface area contributed by atoms with Crippen LogP contribution in [0, 0.1) is 10.5 Å². The number of para-hydroxylation sites is 1. The van der Waals surface area contributed by atoms with Crippen LogP contribution in [-0.4, -0.2) is 21.0 Å². The second kappa shape index (κ2) is 9.41. The number of alkyl halides is 3. The molecule has 0 heterocycles. The molecule has 0 radical (unpaired) electrons. The first-order valence-electron chi connectivity index (χ1n) is 7.43. The van der Waals surface area contributed by atoms with Gasteiger partial charge < -0.3 is 16.0 Å². The highest BCUT2D eigenvalue weighted by Crippen LogP contribution is 2.29. The molecule has 0 saturated carbocycles. The molecule has 26 heavy (non-hydrogen) atoms. The smallest absolute Gasteiger partial charge is 0.252 e. The van der Waals surface area contributed by atoms with Crippen LogP contribution in [-0.2, 0) is 0 Å². The summed E-state index contributed by atoms with van der Waals surface area (Å²) in [6, 6.07) is 14.6. The van der Waals surface area contributed by atoms with Gasteiger partial charge in [-0.2, -0.15) is 0 Å². The number of aryl methyl sites for hydroxylation is 1. The molecule has 2 aromatic carbocycles. The summed E-state index contributed by atoms with van der Waals surface area (Å²) in [5.41, 5.74) is 2.27. The summed E-state index contributed by atoms with van der Waals surface area (Å²) in [5.74, 6) is -0.385. The topological polar surface area (TPSA) is 53.2 Å². The molecule has 0 unspecified atom stereocenters. The average molecular weight is 543 g/mol. The number of hydrogen-bond donors (Lipinski definition) is 3. The van der Waals surface area contributed by atoms with Crippen molar-refractivity contribution in [3.8, 4) is 0 Å². The summed E-state index contributed by atoms with van der Waals surface area (Å²) in [7, 11) is 0. The monoisotopic (exact) mass is 541 g/mol. The summed E-state index contributed by atoms with van der Waals surface area (Å²) in [5, 5.41) is 8.73. The predicted molar refractivity (Wildman–Crippen MR) is 121 cm³/mol. The molecule has 138 valence electrons. The number of nitrogens with one attached hydrogen (secondary N) is 3. The Morgan fingerprint density at radius 1 is 1.08 bits per heavy atom. The average Bonchev–Trinajstić information content (AvgIpc) is 2.56. The lowest BCUT2D eigenvalue weighted by Gasteiger charge is -2.28. The lowest BCUT2D eigenvalue weighted by molar-refractivity contribution is 0.0934. The van der Waals surface area contributed by atoms with Crippen LogP contribution in [0.4, 0.5) is 5.69 Å². The van der Waals surface area contributed by atoms with Crippen LogP contribution in [0.5, 0.6) is 0 Å². The van der Waals surface area contributed by atoms with Crippen LogP contribution in [0.15, 0.2) is 48.5 Å². The van der Waals surface area contributed by atoms with Crippen LogP contribution in [0.25, 0.3) is 0 Å². The van der Waals surface area contributed by atoms with Gasteiger partial charge in [-0.25, -0.2) is 0 Å². The number of rotatable bonds is 4. The number of carbonyl (C=O) groups excluding carboxylic acids is 1. The van der Waals surface area contributed by atoms with E-state index in [4.69, 9.17) is 47.0 Å². The highest BCUT2D eigenvalue weighted by molar-refractivity contribution is 14.1. The van der Waals surface area contributed by atoms with Gasteiger partial charge >= 0.3 is 0 Å². The molecule has 0 aliphatic rings. The quantitative estimate of drug-likeness (QED) is 0.220. The van der Waals surface area contributed by atoms with Gasteiger partial charge in [-0.15, -0.1) is 0 Å². The molecule has 0 spiro atoms. The van der Waals surface area contributed by atoms with Gasteiger partial charge in [0.15, 0.2) is 5.11 Å². The van der Waals surface area contributed by atoms with Crippen LogP contribution in [0.2, 0.25) is 0 Å². The lowest BCUT2D eigenvalue weighted by Crippen LogP contribution is -2.56. The van der Waals surface area contributed by atoms with Gasteiger partial charge in [-0.1, -0.05) is 53.0 Å². The van der Waals surface area contributed by atoms with Gasteiger partial charge in [-0.3, -0.25) is 4.79 Å². The van der Waals surface area contributed by atoms with Crippen LogP contribution < -0.4 is 16.0 Å². The summed E-state index contributed by atoms with van der Waals surface area (Å²) in [6.45, 7) is 1.94. The van der Waals surface area contributed by atoms with E-state index in [1.807, 2.05) is 43.3 Å². The number of halogens is 4. The Bertz CT molecular complexity index is 797. The minimum Gasteiger partial charge on any atom is -0.339 e. The summed E-state index contributed by atoms with van der Waals surface area (Å²) < 4.78 is -0.796. The van der Waals surface area contributed by atoms with Crippen molar-refractivity contribution in [3.63, 3.8) is 0 Å². The molecule has 0 saturated heterocycles. The Morgan fingerprint density at radius 2 is 1.69 bits per heavy atom. The molecule has 2 aromatic rings. The van der Waals surface area contributed by atoms with E-state index in [1.54, 1.807) is 12.1 Å². The minimum absolute atomic E-state index is 0.221. The first-order valence-corrected chi connectivity index (χ1v) is 10.0. The number of amides is 1. The number of thiocarbonyl (C=S) groups is 1. The van der Waals surface area contributed by atoms with E-state index in [9.17, 15) is 4.79 Å². The van der Waals surface area contributed by atoms with Gasteiger partial charge in [0, 0.05) is 14.8 Å². The number of carbonyl (C=O) groups is 1. The van der Waals surface area contributed by atoms with Crippen molar-refractivity contribution in [1.82, 2.24) is 10.6 Å².